The van der Waals surface area contributed by atoms with Crippen LogP contribution >= 0.6 is 11.3 Å². The summed E-state index contributed by atoms with van der Waals surface area (Å²) in [5.41, 5.74) is 0.0370. The summed E-state index contributed by atoms with van der Waals surface area (Å²) in [6.07, 6.45) is -3.83. The zero-order valence-electron chi connectivity index (χ0n) is 9.56. The largest absolute Gasteiger partial charge is 0.417 e. The van der Waals surface area contributed by atoms with Crippen molar-refractivity contribution in [2.45, 2.75) is 33.4 Å². The molecule has 0 radical (unpaired) electrons. The highest BCUT2D eigenvalue weighted by Crippen LogP contribution is 2.41. The highest BCUT2D eigenvalue weighted by Gasteiger charge is 2.37. The van der Waals surface area contributed by atoms with Crippen LogP contribution in [0.2, 0.25) is 0 Å². The lowest BCUT2D eigenvalue weighted by Crippen LogP contribution is -2.14. The normalized spacial score (nSPS) is 14.2. The van der Waals surface area contributed by atoms with Gasteiger partial charge in [-0.05, 0) is 23.8 Å². The second-order valence-corrected chi connectivity index (χ2v) is 4.83. The van der Waals surface area contributed by atoms with Crippen LogP contribution in [0.25, 0.3) is 5.57 Å². The van der Waals surface area contributed by atoms with Crippen molar-refractivity contribution in [2.75, 3.05) is 0 Å². The molecule has 0 nitrogen and oxygen atoms in total. The molecule has 0 aromatic carbocycles. The molecule has 0 aliphatic heterocycles. The monoisotopic (exact) mass is 248 g/mol. The lowest BCUT2D eigenvalue weighted by molar-refractivity contribution is -0.0695. The van der Waals surface area contributed by atoms with E-state index in [0.29, 0.717) is 16.9 Å². The molecule has 1 aromatic rings. The molecule has 1 heterocycles. The van der Waals surface area contributed by atoms with Crippen LogP contribution in [-0.2, 0) is 0 Å². The minimum Gasteiger partial charge on any atom is -0.166 e. The first-order chi connectivity index (χ1) is 7.38. The smallest absolute Gasteiger partial charge is 0.166 e. The summed E-state index contributed by atoms with van der Waals surface area (Å²) < 4.78 is 39.1. The predicted octanol–water partition coefficient (Wildman–Crippen LogP) is 5.13. The predicted molar refractivity (Wildman–Crippen MR) is 62.4 cm³/mol. The van der Waals surface area contributed by atoms with Gasteiger partial charge >= 0.3 is 6.18 Å². The van der Waals surface area contributed by atoms with E-state index in [-0.39, 0.29) is 5.92 Å². The minimum atomic E-state index is -4.26. The van der Waals surface area contributed by atoms with Crippen molar-refractivity contribution >= 4 is 16.9 Å². The molecule has 0 aliphatic rings. The van der Waals surface area contributed by atoms with Crippen LogP contribution in [0.4, 0.5) is 13.2 Å². The van der Waals surface area contributed by atoms with Crippen molar-refractivity contribution in [1.82, 2.24) is 0 Å². The van der Waals surface area contributed by atoms with Crippen molar-refractivity contribution in [3.63, 3.8) is 0 Å². The zero-order valence-corrected chi connectivity index (χ0v) is 10.4. The van der Waals surface area contributed by atoms with E-state index < -0.39 is 11.7 Å². The Bertz CT molecular complexity index is 358. The zero-order chi connectivity index (χ0) is 12.3. The summed E-state index contributed by atoms with van der Waals surface area (Å²) >= 11 is 1.14. The first-order valence-corrected chi connectivity index (χ1v) is 6.10. The van der Waals surface area contributed by atoms with E-state index in [9.17, 15) is 13.2 Å². The van der Waals surface area contributed by atoms with Crippen LogP contribution in [0, 0.1) is 5.92 Å². The van der Waals surface area contributed by atoms with E-state index in [0.717, 1.165) is 11.3 Å². The molecule has 1 aromatic heterocycles. The standard InChI is InChI=1S/C12H15F3S/c1-4-9(8(2)3)11(12(13,14)15)10-6-5-7-16-10/h5-8H,4H2,1-3H3/b11-9+. The highest BCUT2D eigenvalue weighted by molar-refractivity contribution is 7.11. The summed E-state index contributed by atoms with van der Waals surface area (Å²) in [4.78, 5) is 0.318. The van der Waals surface area contributed by atoms with Crippen molar-refractivity contribution in [3.05, 3.63) is 28.0 Å². The van der Waals surface area contributed by atoms with Crippen molar-refractivity contribution in [3.8, 4) is 0 Å². The number of halogens is 3. The van der Waals surface area contributed by atoms with Crippen LogP contribution in [0.15, 0.2) is 23.1 Å². The molecular formula is C12H15F3S. The molecule has 1 rings (SSSR count). The second kappa shape index (κ2) is 5.04. The van der Waals surface area contributed by atoms with Crippen LogP contribution in [0.3, 0.4) is 0 Å². The Morgan fingerprint density at radius 1 is 1.38 bits per heavy atom. The molecule has 0 bridgehead atoms. The fourth-order valence-corrected chi connectivity index (χ4v) is 2.60. The summed E-state index contributed by atoms with van der Waals surface area (Å²) in [6.45, 7) is 5.38. The van der Waals surface area contributed by atoms with Gasteiger partial charge in [0.15, 0.2) is 0 Å². The quantitative estimate of drug-likeness (QED) is 0.695. The number of hydrogen-bond donors (Lipinski definition) is 0. The van der Waals surface area contributed by atoms with Gasteiger partial charge < -0.3 is 0 Å². The van der Waals surface area contributed by atoms with E-state index in [1.165, 1.54) is 6.07 Å². The van der Waals surface area contributed by atoms with Gasteiger partial charge in [0.2, 0.25) is 0 Å². The fraction of sp³-hybridized carbons (Fsp3) is 0.500. The maximum absolute atomic E-state index is 13.0. The molecular weight excluding hydrogens is 233 g/mol. The molecule has 0 N–H and O–H groups in total. The SMILES string of the molecule is CC/C(=C(/c1cccs1)C(F)(F)F)C(C)C. The van der Waals surface area contributed by atoms with E-state index in [4.69, 9.17) is 0 Å². The Balaban J connectivity index is 3.36. The Kier molecular flexibility index (Phi) is 4.19. The Morgan fingerprint density at radius 3 is 2.31 bits per heavy atom. The van der Waals surface area contributed by atoms with Crippen LogP contribution in [0.1, 0.15) is 32.1 Å². The third kappa shape index (κ3) is 2.88. The summed E-state index contributed by atoms with van der Waals surface area (Å²) in [5, 5.41) is 1.68. The van der Waals surface area contributed by atoms with Gasteiger partial charge in [0.05, 0.1) is 5.57 Å². The van der Waals surface area contributed by atoms with E-state index >= 15 is 0 Å². The number of allylic oxidation sites excluding steroid dienone is 2. The molecule has 0 saturated heterocycles. The summed E-state index contributed by atoms with van der Waals surface area (Å²) in [5.74, 6) is -0.0799. The third-order valence-corrected chi connectivity index (χ3v) is 3.34. The fourth-order valence-electron chi connectivity index (χ4n) is 1.77. The molecule has 0 saturated carbocycles. The summed E-state index contributed by atoms with van der Waals surface area (Å²) in [7, 11) is 0. The van der Waals surface area contributed by atoms with E-state index in [1.807, 2.05) is 0 Å². The molecule has 4 heteroatoms. The number of hydrogen-bond acceptors (Lipinski definition) is 1. The number of alkyl halides is 3. The first kappa shape index (κ1) is 13.3. The lowest BCUT2D eigenvalue weighted by Gasteiger charge is -2.18. The molecule has 0 atom stereocenters. The molecule has 16 heavy (non-hydrogen) atoms. The average molecular weight is 248 g/mol. The lowest BCUT2D eigenvalue weighted by atomic mass is 9.93. The van der Waals surface area contributed by atoms with Crippen molar-refractivity contribution < 1.29 is 13.2 Å². The van der Waals surface area contributed by atoms with Gasteiger partial charge in [-0.15, -0.1) is 11.3 Å². The maximum atomic E-state index is 13.0. The van der Waals surface area contributed by atoms with Gasteiger partial charge in [-0.25, -0.2) is 0 Å². The number of thiophene rings is 1. The highest BCUT2D eigenvalue weighted by atomic mass is 32.1. The maximum Gasteiger partial charge on any atom is 0.417 e. The third-order valence-electron chi connectivity index (χ3n) is 2.45. The van der Waals surface area contributed by atoms with E-state index in [1.54, 1.807) is 32.2 Å². The van der Waals surface area contributed by atoms with Gasteiger partial charge in [-0.2, -0.15) is 13.2 Å². The molecule has 0 spiro atoms. The van der Waals surface area contributed by atoms with Crippen molar-refractivity contribution in [2.24, 2.45) is 5.92 Å². The molecule has 90 valence electrons. The molecule has 0 aliphatic carbocycles. The molecule has 0 fully saturated rings. The van der Waals surface area contributed by atoms with Gasteiger partial charge in [0.25, 0.3) is 0 Å². The Labute approximate surface area is 97.8 Å². The average Bonchev–Trinajstić information content (AvgIpc) is 2.63. The van der Waals surface area contributed by atoms with Gasteiger partial charge in [-0.1, -0.05) is 32.4 Å². The van der Waals surface area contributed by atoms with Gasteiger partial charge in [0, 0.05) is 4.88 Å². The van der Waals surface area contributed by atoms with Crippen LogP contribution in [0.5, 0.6) is 0 Å². The first-order valence-electron chi connectivity index (χ1n) is 5.22. The Hall–Kier alpha value is -0.770. The van der Waals surface area contributed by atoms with Crippen LogP contribution < -0.4 is 0 Å². The van der Waals surface area contributed by atoms with Crippen molar-refractivity contribution in [1.29, 1.82) is 0 Å². The minimum absolute atomic E-state index is 0.0799. The summed E-state index contributed by atoms with van der Waals surface area (Å²) in [6, 6.07) is 3.19. The second-order valence-electron chi connectivity index (χ2n) is 3.88. The molecule has 0 unspecified atom stereocenters. The molecule has 0 amide bonds. The van der Waals surface area contributed by atoms with E-state index in [2.05, 4.69) is 0 Å². The van der Waals surface area contributed by atoms with Gasteiger partial charge in [-0.3, -0.25) is 0 Å². The van der Waals surface area contributed by atoms with Gasteiger partial charge in [0.1, 0.15) is 0 Å². The Morgan fingerprint density at radius 2 is 2.00 bits per heavy atom. The van der Waals surface area contributed by atoms with Crippen LogP contribution in [-0.4, -0.2) is 6.18 Å². The number of rotatable bonds is 3. The topological polar surface area (TPSA) is 0 Å².